The van der Waals surface area contributed by atoms with Crippen molar-refractivity contribution in [3.63, 3.8) is 0 Å². The maximum absolute atomic E-state index is 4.43. The maximum Gasteiger partial charge on any atom is 0.104 e. The van der Waals surface area contributed by atoms with Crippen molar-refractivity contribution in [3.8, 4) is 0 Å². The van der Waals surface area contributed by atoms with Crippen LogP contribution in [0.15, 0.2) is 42.5 Å². The van der Waals surface area contributed by atoms with Gasteiger partial charge in [0.15, 0.2) is 0 Å². The highest BCUT2D eigenvalue weighted by Crippen LogP contribution is 2.40. The number of nitrogens with one attached hydrogen (secondary N) is 2. The summed E-state index contributed by atoms with van der Waals surface area (Å²) in [7, 11) is 0. The van der Waals surface area contributed by atoms with E-state index < -0.39 is 0 Å². The molecule has 1 heterocycles. The number of hydrogen-bond donors (Lipinski definition) is 2. The van der Waals surface area contributed by atoms with Crippen LogP contribution >= 0.6 is 0 Å². The lowest BCUT2D eigenvalue weighted by Crippen LogP contribution is -1.99. The molecule has 21 heavy (non-hydrogen) atoms. The third-order valence-electron chi connectivity index (χ3n) is 4.10. The van der Waals surface area contributed by atoms with Crippen LogP contribution in [-0.2, 0) is 6.54 Å². The Bertz CT molecular complexity index is 784. The summed E-state index contributed by atoms with van der Waals surface area (Å²) in [6.07, 6.45) is 2.71. The summed E-state index contributed by atoms with van der Waals surface area (Å²) >= 11 is 0. The SMILES string of the molecule is Cc1nc2ccc(NCc3cccc(C4CC4)c3)cc2[nH]1. The minimum Gasteiger partial charge on any atom is -0.381 e. The second-order valence-corrected chi connectivity index (χ2v) is 5.93. The van der Waals surface area contributed by atoms with E-state index in [-0.39, 0.29) is 0 Å². The van der Waals surface area contributed by atoms with Crippen LogP contribution in [0.4, 0.5) is 5.69 Å². The predicted octanol–water partition coefficient (Wildman–Crippen LogP) is 4.36. The zero-order valence-corrected chi connectivity index (χ0v) is 12.2. The fourth-order valence-corrected chi connectivity index (χ4v) is 2.82. The molecule has 3 heteroatoms. The molecule has 0 saturated heterocycles. The van der Waals surface area contributed by atoms with Crippen LogP contribution in [0.3, 0.4) is 0 Å². The van der Waals surface area contributed by atoms with Gasteiger partial charge in [0.2, 0.25) is 0 Å². The second kappa shape index (κ2) is 4.92. The van der Waals surface area contributed by atoms with Crippen molar-refractivity contribution in [2.45, 2.75) is 32.2 Å². The fourth-order valence-electron chi connectivity index (χ4n) is 2.82. The van der Waals surface area contributed by atoms with Crippen LogP contribution in [0.1, 0.15) is 35.7 Å². The van der Waals surface area contributed by atoms with E-state index in [9.17, 15) is 0 Å². The number of aromatic nitrogens is 2. The summed E-state index contributed by atoms with van der Waals surface area (Å²) in [6.45, 7) is 2.84. The smallest absolute Gasteiger partial charge is 0.104 e. The normalized spacial score (nSPS) is 14.5. The Morgan fingerprint density at radius 3 is 2.95 bits per heavy atom. The van der Waals surface area contributed by atoms with Gasteiger partial charge in [-0.2, -0.15) is 0 Å². The van der Waals surface area contributed by atoms with Gasteiger partial charge in [-0.3, -0.25) is 0 Å². The molecule has 0 aliphatic heterocycles. The monoisotopic (exact) mass is 277 g/mol. The van der Waals surface area contributed by atoms with Gasteiger partial charge in [-0.1, -0.05) is 24.3 Å². The van der Waals surface area contributed by atoms with E-state index in [0.717, 1.165) is 35.0 Å². The van der Waals surface area contributed by atoms with E-state index in [4.69, 9.17) is 0 Å². The van der Waals surface area contributed by atoms with Gasteiger partial charge in [-0.15, -0.1) is 0 Å². The summed E-state index contributed by atoms with van der Waals surface area (Å²) in [5.41, 5.74) is 6.08. The molecule has 4 rings (SSSR count). The first-order valence-corrected chi connectivity index (χ1v) is 7.57. The van der Waals surface area contributed by atoms with E-state index in [2.05, 4.69) is 57.7 Å². The van der Waals surface area contributed by atoms with E-state index in [1.54, 1.807) is 0 Å². The number of aromatic amines is 1. The molecule has 1 aliphatic rings. The van der Waals surface area contributed by atoms with Gasteiger partial charge in [0.25, 0.3) is 0 Å². The molecular weight excluding hydrogens is 258 g/mol. The zero-order valence-electron chi connectivity index (χ0n) is 12.2. The van der Waals surface area contributed by atoms with Crippen molar-refractivity contribution in [1.29, 1.82) is 0 Å². The maximum atomic E-state index is 4.43. The Labute approximate surface area is 124 Å². The average molecular weight is 277 g/mol. The highest BCUT2D eigenvalue weighted by molar-refractivity contribution is 5.79. The summed E-state index contributed by atoms with van der Waals surface area (Å²) in [5, 5.41) is 3.50. The Balaban J connectivity index is 1.50. The Kier molecular flexibility index (Phi) is 2.92. The van der Waals surface area contributed by atoms with Crippen molar-refractivity contribution >= 4 is 16.7 Å². The first kappa shape index (κ1) is 12.5. The predicted molar refractivity (Wildman–Crippen MR) is 86.6 cm³/mol. The molecule has 1 aromatic heterocycles. The molecule has 1 aliphatic carbocycles. The Morgan fingerprint density at radius 2 is 2.10 bits per heavy atom. The minimum absolute atomic E-state index is 0.814. The molecule has 0 amide bonds. The molecule has 3 nitrogen and oxygen atoms in total. The number of fused-ring (bicyclic) bond motifs is 1. The largest absolute Gasteiger partial charge is 0.381 e. The van der Waals surface area contributed by atoms with Crippen LogP contribution < -0.4 is 5.32 Å². The van der Waals surface area contributed by atoms with Crippen molar-refractivity contribution in [2.75, 3.05) is 5.32 Å². The van der Waals surface area contributed by atoms with Crippen LogP contribution in [0.5, 0.6) is 0 Å². The number of anilines is 1. The topological polar surface area (TPSA) is 40.7 Å². The van der Waals surface area contributed by atoms with Gasteiger partial charge >= 0.3 is 0 Å². The van der Waals surface area contributed by atoms with Gasteiger partial charge in [-0.25, -0.2) is 4.98 Å². The van der Waals surface area contributed by atoms with Crippen molar-refractivity contribution in [1.82, 2.24) is 9.97 Å². The number of nitrogens with zero attached hydrogens (tertiary/aromatic N) is 1. The van der Waals surface area contributed by atoms with Crippen LogP contribution in [0.2, 0.25) is 0 Å². The molecule has 0 radical (unpaired) electrons. The summed E-state index contributed by atoms with van der Waals surface area (Å²) in [4.78, 5) is 7.71. The van der Waals surface area contributed by atoms with E-state index in [0.29, 0.717) is 0 Å². The number of rotatable bonds is 4. The minimum atomic E-state index is 0.814. The standard InChI is InChI=1S/C18H19N3/c1-12-20-17-8-7-16(10-18(17)21-12)19-11-13-3-2-4-15(9-13)14-5-6-14/h2-4,7-10,14,19H,5-6,11H2,1H3,(H,20,21). The first-order valence-electron chi connectivity index (χ1n) is 7.57. The van der Waals surface area contributed by atoms with Crippen molar-refractivity contribution in [2.24, 2.45) is 0 Å². The van der Waals surface area contributed by atoms with Gasteiger partial charge < -0.3 is 10.3 Å². The van der Waals surface area contributed by atoms with Gasteiger partial charge in [0.1, 0.15) is 5.82 Å². The van der Waals surface area contributed by atoms with E-state index in [1.807, 2.05) is 6.92 Å². The molecule has 1 saturated carbocycles. The highest BCUT2D eigenvalue weighted by atomic mass is 14.9. The number of H-pyrrole nitrogens is 1. The molecule has 0 unspecified atom stereocenters. The Hall–Kier alpha value is -2.29. The Morgan fingerprint density at radius 1 is 1.19 bits per heavy atom. The molecular formula is C18H19N3. The molecule has 0 bridgehead atoms. The van der Waals surface area contributed by atoms with Crippen LogP contribution in [0, 0.1) is 6.92 Å². The third-order valence-corrected chi connectivity index (χ3v) is 4.10. The van der Waals surface area contributed by atoms with Crippen molar-refractivity contribution in [3.05, 3.63) is 59.4 Å². The van der Waals surface area contributed by atoms with E-state index >= 15 is 0 Å². The lowest BCUT2D eigenvalue weighted by atomic mass is 10.1. The highest BCUT2D eigenvalue weighted by Gasteiger charge is 2.23. The molecule has 2 N–H and O–H groups in total. The molecule has 106 valence electrons. The molecule has 3 aromatic rings. The zero-order chi connectivity index (χ0) is 14.2. The average Bonchev–Trinajstić information content (AvgIpc) is 3.27. The van der Waals surface area contributed by atoms with Crippen LogP contribution in [0.25, 0.3) is 11.0 Å². The van der Waals surface area contributed by atoms with Crippen LogP contribution in [-0.4, -0.2) is 9.97 Å². The quantitative estimate of drug-likeness (QED) is 0.744. The van der Waals surface area contributed by atoms with Crippen molar-refractivity contribution < 1.29 is 0 Å². The first-order chi connectivity index (χ1) is 10.3. The number of imidazole rings is 1. The molecule has 2 aromatic carbocycles. The molecule has 1 fully saturated rings. The number of benzene rings is 2. The summed E-state index contributed by atoms with van der Waals surface area (Å²) < 4.78 is 0. The fraction of sp³-hybridized carbons (Fsp3) is 0.278. The number of hydrogen-bond acceptors (Lipinski definition) is 2. The third kappa shape index (κ3) is 2.64. The summed E-state index contributed by atoms with van der Waals surface area (Å²) in [6, 6.07) is 15.2. The van der Waals surface area contributed by atoms with E-state index in [1.165, 1.54) is 24.0 Å². The molecule has 0 atom stereocenters. The lowest BCUT2D eigenvalue weighted by Gasteiger charge is -2.08. The second-order valence-electron chi connectivity index (χ2n) is 5.93. The lowest BCUT2D eigenvalue weighted by molar-refractivity contribution is 1.09. The molecule has 0 spiro atoms. The number of aryl methyl sites for hydroxylation is 1. The van der Waals surface area contributed by atoms with Gasteiger partial charge in [-0.05, 0) is 55.0 Å². The summed E-state index contributed by atoms with van der Waals surface area (Å²) in [5.74, 6) is 1.77. The van der Waals surface area contributed by atoms with Gasteiger partial charge in [0, 0.05) is 12.2 Å². The van der Waals surface area contributed by atoms with Gasteiger partial charge in [0.05, 0.1) is 11.0 Å².